The van der Waals surface area contributed by atoms with Gasteiger partial charge in [-0.05, 0) is 67.5 Å². The number of hydrogen-bond donors (Lipinski definition) is 0. The molecule has 0 aliphatic heterocycles. The Bertz CT molecular complexity index is 973. The Morgan fingerprint density at radius 2 is 1.50 bits per heavy atom. The van der Waals surface area contributed by atoms with Crippen LogP contribution in [0, 0.1) is 13.8 Å². The summed E-state index contributed by atoms with van der Waals surface area (Å²) >= 11 is 0. The van der Waals surface area contributed by atoms with E-state index in [1.165, 1.54) is 5.56 Å². The summed E-state index contributed by atoms with van der Waals surface area (Å²) in [6, 6.07) is 22.3. The van der Waals surface area contributed by atoms with E-state index in [1.807, 2.05) is 42.5 Å². The number of ether oxygens (including phenoxy) is 1. The van der Waals surface area contributed by atoms with E-state index in [0.717, 1.165) is 33.3 Å². The number of hydrogen-bond acceptors (Lipinski definition) is 2. The van der Waals surface area contributed by atoms with Crippen molar-refractivity contribution in [3.05, 3.63) is 94.5 Å². The van der Waals surface area contributed by atoms with Crippen LogP contribution in [0.3, 0.4) is 0 Å². The molecule has 0 amide bonds. The van der Waals surface area contributed by atoms with Gasteiger partial charge in [-0.1, -0.05) is 75.4 Å². The molecule has 0 saturated heterocycles. The number of aryl methyl sites for hydroxylation is 2. The van der Waals surface area contributed by atoms with Crippen LogP contribution in [-0.4, -0.2) is 5.52 Å². The average Bonchev–Trinajstić information content (AvgIpc) is 2.69. The first-order valence-electron chi connectivity index (χ1n) is 9.94. The van der Waals surface area contributed by atoms with Gasteiger partial charge in [-0.2, -0.15) is 0 Å². The van der Waals surface area contributed by atoms with Crippen molar-refractivity contribution in [2.45, 2.75) is 46.6 Å². The molecule has 0 spiro atoms. The van der Waals surface area contributed by atoms with E-state index in [-0.39, 0.29) is 39.8 Å². The van der Waals surface area contributed by atoms with Gasteiger partial charge in [0.2, 0.25) is 0 Å². The van der Waals surface area contributed by atoms with E-state index in [4.69, 9.17) is 4.74 Å². The molecule has 3 aromatic rings. The van der Waals surface area contributed by atoms with E-state index in [2.05, 4.69) is 58.9 Å². The quantitative estimate of drug-likeness (QED) is 0.458. The third-order valence-corrected chi connectivity index (χ3v) is 6.56. The van der Waals surface area contributed by atoms with Crippen LogP contribution in [0.25, 0.3) is 0 Å². The van der Waals surface area contributed by atoms with Crippen LogP contribution in [0.2, 0.25) is 0 Å². The Labute approximate surface area is 195 Å². The summed E-state index contributed by atoms with van der Waals surface area (Å²) in [6.45, 7) is 11.2. The monoisotopic (exact) mass is 412 g/mol. The van der Waals surface area contributed by atoms with Gasteiger partial charge in [-0.15, -0.1) is 0 Å². The summed E-state index contributed by atoms with van der Waals surface area (Å²) in [6.07, 6.45) is 0. The molecular formula is C26H30LiO2P. The van der Waals surface area contributed by atoms with E-state index >= 15 is 0 Å². The van der Waals surface area contributed by atoms with Gasteiger partial charge >= 0.3 is 18.9 Å². The summed E-state index contributed by atoms with van der Waals surface area (Å²) in [5.41, 5.74) is 5.63. The zero-order valence-corrected chi connectivity index (χ0v) is 19.9. The predicted molar refractivity (Wildman–Crippen MR) is 125 cm³/mol. The van der Waals surface area contributed by atoms with Crippen LogP contribution in [0.5, 0.6) is 5.75 Å². The predicted octanol–water partition coefficient (Wildman–Crippen LogP) is 3.44. The molecule has 0 N–H and O–H groups in total. The molecule has 1 unspecified atom stereocenters. The fraction of sp³-hybridized carbons (Fsp3) is 0.269. The summed E-state index contributed by atoms with van der Waals surface area (Å²) in [7, 11) is 0.114. The van der Waals surface area contributed by atoms with Gasteiger partial charge in [0, 0.05) is 5.56 Å². The molecular weight excluding hydrogens is 382 g/mol. The van der Waals surface area contributed by atoms with Crippen molar-refractivity contribution < 1.29 is 29.8 Å². The number of rotatable bonds is 6. The van der Waals surface area contributed by atoms with Gasteiger partial charge in [0.05, 0.1) is 0 Å². The van der Waals surface area contributed by atoms with E-state index < -0.39 is 0 Å². The third-order valence-electron chi connectivity index (χ3n) is 5.01. The van der Waals surface area contributed by atoms with Gasteiger partial charge in [0.25, 0.3) is 0 Å². The molecule has 3 rings (SSSR count). The molecule has 3 aromatic carbocycles. The number of carbonyl (C=O) groups excluding carboxylic acids is 1. The van der Waals surface area contributed by atoms with Crippen molar-refractivity contribution in [3.8, 4) is 5.75 Å². The Balaban J connectivity index is 0.00000240. The number of carbonyl (C=O) groups is 1. The van der Waals surface area contributed by atoms with E-state index in [1.54, 1.807) is 0 Å². The van der Waals surface area contributed by atoms with Gasteiger partial charge in [0.15, 0.2) is 5.52 Å². The van der Waals surface area contributed by atoms with Crippen molar-refractivity contribution in [3.63, 3.8) is 0 Å². The SMILES string of the molecule is Cc1cc(OCc2ccccc2)cc(C)c1PC(=O)c1ccc(C(C)(C)C)cc1.[H-].[Li+]. The van der Waals surface area contributed by atoms with Crippen LogP contribution in [0.15, 0.2) is 66.7 Å². The van der Waals surface area contributed by atoms with Gasteiger partial charge in [0.1, 0.15) is 12.4 Å². The molecule has 1 atom stereocenters. The van der Waals surface area contributed by atoms with Gasteiger partial charge in [-0.25, -0.2) is 0 Å². The summed E-state index contributed by atoms with van der Waals surface area (Å²) in [5.74, 6) is 0.847. The smallest absolute Gasteiger partial charge is 1.00 e. The standard InChI is InChI=1S/C26H29O2P.Li.H/c1-18-15-23(28-17-20-9-7-6-8-10-20)16-19(2)24(18)29-25(27)21-11-13-22(14-12-21)26(3,4)5;;/h6-16,29H,17H2,1-5H3;;/q;+1;-1. The molecule has 152 valence electrons. The molecule has 0 aromatic heterocycles. The van der Waals surface area contributed by atoms with Crippen LogP contribution in [0.1, 0.15) is 54.8 Å². The second-order valence-corrected chi connectivity index (χ2v) is 9.69. The second-order valence-electron chi connectivity index (χ2n) is 8.49. The zero-order valence-electron chi connectivity index (χ0n) is 19.9. The third kappa shape index (κ3) is 6.33. The van der Waals surface area contributed by atoms with Crippen molar-refractivity contribution in [1.82, 2.24) is 0 Å². The Kier molecular flexibility index (Phi) is 8.51. The first kappa shape index (κ1) is 24.4. The maximum Gasteiger partial charge on any atom is 1.00 e. The van der Waals surface area contributed by atoms with Gasteiger partial charge in [-0.3, -0.25) is 4.79 Å². The Hall–Kier alpha value is -1.84. The van der Waals surface area contributed by atoms with Crippen molar-refractivity contribution in [2.75, 3.05) is 0 Å². The van der Waals surface area contributed by atoms with Crippen LogP contribution >= 0.6 is 8.58 Å². The van der Waals surface area contributed by atoms with Crippen molar-refractivity contribution in [2.24, 2.45) is 0 Å². The first-order chi connectivity index (χ1) is 13.7. The normalized spacial score (nSPS) is 11.4. The van der Waals surface area contributed by atoms with Crippen LogP contribution in [0.4, 0.5) is 0 Å². The van der Waals surface area contributed by atoms with Crippen molar-refractivity contribution in [1.29, 1.82) is 0 Å². The largest absolute Gasteiger partial charge is 1.00 e. The Morgan fingerprint density at radius 1 is 0.933 bits per heavy atom. The molecule has 2 nitrogen and oxygen atoms in total. The molecule has 4 heteroatoms. The van der Waals surface area contributed by atoms with Crippen LogP contribution < -0.4 is 28.9 Å². The molecule has 0 fully saturated rings. The second kappa shape index (κ2) is 10.5. The molecule has 0 radical (unpaired) electrons. The van der Waals surface area contributed by atoms with Crippen molar-refractivity contribution >= 4 is 19.4 Å². The molecule has 0 aliphatic carbocycles. The fourth-order valence-corrected chi connectivity index (χ4v) is 4.33. The van der Waals surface area contributed by atoms with Crippen LogP contribution in [-0.2, 0) is 12.0 Å². The molecule has 0 aliphatic rings. The number of benzene rings is 3. The maximum absolute atomic E-state index is 12.9. The molecule has 0 saturated carbocycles. The Morgan fingerprint density at radius 3 is 2.03 bits per heavy atom. The summed E-state index contributed by atoms with van der Waals surface area (Å²) in [4.78, 5) is 12.9. The summed E-state index contributed by atoms with van der Waals surface area (Å²) in [5, 5.41) is 1.11. The maximum atomic E-state index is 12.9. The minimum Gasteiger partial charge on any atom is -1.00 e. The average molecular weight is 412 g/mol. The molecule has 30 heavy (non-hydrogen) atoms. The zero-order chi connectivity index (χ0) is 21.0. The molecule has 0 bridgehead atoms. The first-order valence-corrected chi connectivity index (χ1v) is 10.9. The topological polar surface area (TPSA) is 26.3 Å². The van der Waals surface area contributed by atoms with E-state index in [9.17, 15) is 4.79 Å². The minimum atomic E-state index is 0. The minimum absolute atomic E-state index is 0. The fourth-order valence-electron chi connectivity index (χ4n) is 3.25. The molecule has 0 heterocycles. The summed E-state index contributed by atoms with van der Waals surface area (Å²) < 4.78 is 5.96. The van der Waals surface area contributed by atoms with Gasteiger partial charge < -0.3 is 6.16 Å². The van der Waals surface area contributed by atoms with E-state index in [0.29, 0.717) is 6.61 Å².